The molecule has 0 aliphatic rings. The van der Waals surface area contributed by atoms with Gasteiger partial charge in [0.15, 0.2) is 5.82 Å². The average molecular weight is 231 g/mol. The van der Waals surface area contributed by atoms with Crippen molar-refractivity contribution >= 4 is 0 Å². The summed E-state index contributed by atoms with van der Waals surface area (Å²) in [6, 6.07) is 7.77. The number of hydrogen-bond acceptors (Lipinski definition) is 3. The Kier molecular flexibility index (Phi) is 3.75. The number of unbranched alkanes of at least 4 members (excludes halogenated alkanes) is 1. The first kappa shape index (κ1) is 11.6. The molecule has 1 aromatic heterocycles. The molecule has 90 valence electrons. The molecule has 0 amide bonds. The van der Waals surface area contributed by atoms with Crippen LogP contribution in [0.2, 0.25) is 0 Å². The highest BCUT2D eigenvalue weighted by molar-refractivity contribution is 5.63. The first-order chi connectivity index (χ1) is 8.35. The third-order valence-electron chi connectivity index (χ3n) is 2.65. The van der Waals surface area contributed by atoms with Crippen LogP contribution in [0, 0.1) is 0 Å². The Labute approximate surface area is 101 Å². The number of aromatic amines is 1. The van der Waals surface area contributed by atoms with Crippen LogP contribution in [0.1, 0.15) is 25.6 Å². The van der Waals surface area contributed by atoms with E-state index in [1.807, 2.05) is 24.3 Å². The number of nitrogens with one attached hydrogen (secondary N) is 1. The molecular formula is C13H17N3O. The van der Waals surface area contributed by atoms with Crippen molar-refractivity contribution in [2.75, 3.05) is 7.11 Å². The molecule has 0 atom stereocenters. The van der Waals surface area contributed by atoms with Crippen LogP contribution in [0.4, 0.5) is 0 Å². The van der Waals surface area contributed by atoms with Gasteiger partial charge in [0.1, 0.15) is 11.6 Å². The summed E-state index contributed by atoms with van der Waals surface area (Å²) in [6.45, 7) is 2.16. The number of hydrogen-bond donors (Lipinski definition) is 1. The van der Waals surface area contributed by atoms with E-state index in [2.05, 4.69) is 22.1 Å². The van der Waals surface area contributed by atoms with Crippen molar-refractivity contribution in [2.45, 2.75) is 26.2 Å². The lowest BCUT2D eigenvalue weighted by atomic mass is 10.2. The van der Waals surface area contributed by atoms with Gasteiger partial charge in [-0.25, -0.2) is 4.98 Å². The van der Waals surface area contributed by atoms with Gasteiger partial charge in [0.2, 0.25) is 0 Å². The fourth-order valence-corrected chi connectivity index (χ4v) is 1.70. The highest BCUT2D eigenvalue weighted by Gasteiger charge is 2.10. The van der Waals surface area contributed by atoms with Crippen LogP contribution in [0.3, 0.4) is 0 Å². The minimum absolute atomic E-state index is 0.702. The van der Waals surface area contributed by atoms with E-state index in [1.54, 1.807) is 7.11 Å². The number of H-pyrrole nitrogens is 1. The van der Waals surface area contributed by atoms with Crippen molar-refractivity contribution in [2.24, 2.45) is 0 Å². The molecule has 4 nitrogen and oxygen atoms in total. The first-order valence-corrected chi connectivity index (χ1v) is 5.89. The zero-order valence-electron chi connectivity index (χ0n) is 10.2. The van der Waals surface area contributed by atoms with Crippen LogP contribution in [0.5, 0.6) is 5.75 Å². The standard InChI is InChI=1S/C13H17N3O/c1-3-4-9-12-14-13(16-15-12)10-7-5-6-8-11(10)17-2/h5-8H,3-4,9H2,1-2H3,(H,14,15,16). The third-order valence-corrected chi connectivity index (χ3v) is 2.65. The molecule has 2 rings (SSSR count). The van der Waals surface area contributed by atoms with E-state index < -0.39 is 0 Å². The lowest BCUT2D eigenvalue weighted by Crippen LogP contribution is -1.89. The fourth-order valence-electron chi connectivity index (χ4n) is 1.70. The van der Waals surface area contributed by atoms with Crippen molar-refractivity contribution in [3.8, 4) is 17.1 Å². The maximum atomic E-state index is 5.30. The van der Waals surface area contributed by atoms with Gasteiger partial charge in [-0.15, -0.1) is 0 Å². The lowest BCUT2D eigenvalue weighted by Gasteiger charge is -2.03. The van der Waals surface area contributed by atoms with Crippen molar-refractivity contribution in [1.29, 1.82) is 0 Å². The Morgan fingerprint density at radius 2 is 2.12 bits per heavy atom. The van der Waals surface area contributed by atoms with Gasteiger partial charge in [0, 0.05) is 6.42 Å². The molecule has 17 heavy (non-hydrogen) atoms. The molecule has 0 saturated carbocycles. The van der Waals surface area contributed by atoms with E-state index in [-0.39, 0.29) is 0 Å². The Morgan fingerprint density at radius 3 is 2.88 bits per heavy atom. The van der Waals surface area contributed by atoms with Crippen molar-refractivity contribution in [3.05, 3.63) is 30.1 Å². The second-order valence-electron chi connectivity index (χ2n) is 3.91. The summed E-state index contributed by atoms with van der Waals surface area (Å²) in [7, 11) is 1.66. The molecular weight excluding hydrogens is 214 g/mol. The van der Waals surface area contributed by atoms with E-state index in [9.17, 15) is 0 Å². The maximum absolute atomic E-state index is 5.30. The molecule has 1 aromatic carbocycles. The summed E-state index contributed by atoms with van der Waals surface area (Å²) in [5.41, 5.74) is 0.925. The van der Waals surface area contributed by atoms with Crippen LogP contribution >= 0.6 is 0 Å². The first-order valence-electron chi connectivity index (χ1n) is 5.89. The van der Waals surface area contributed by atoms with Crippen molar-refractivity contribution in [3.63, 3.8) is 0 Å². The largest absolute Gasteiger partial charge is 0.496 e. The summed E-state index contributed by atoms with van der Waals surface area (Å²) in [6.07, 6.45) is 3.23. The molecule has 4 heteroatoms. The van der Waals surface area contributed by atoms with Crippen LogP contribution in [-0.2, 0) is 6.42 Å². The quantitative estimate of drug-likeness (QED) is 0.860. The normalized spacial score (nSPS) is 10.5. The number of methoxy groups -OCH3 is 1. The number of nitrogens with zero attached hydrogens (tertiary/aromatic N) is 2. The predicted molar refractivity (Wildman–Crippen MR) is 67.0 cm³/mol. The number of aromatic nitrogens is 3. The Bertz CT molecular complexity index is 479. The number of ether oxygens (including phenoxy) is 1. The number of aryl methyl sites for hydroxylation is 1. The zero-order valence-corrected chi connectivity index (χ0v) is 10.2. The summed E-state index contributed by atoms with van der Waals surface area (Å²) in [5.74, 6) is 2.44. The van der Waals surface area contributed by atoms with Gasteiger partial charge >= 0.3 is 0 Å². The topological polar surface area (TPSA) is 50.8 Å². The minimum Gasteiger partial charge on any atom is -0.496 e. The Morgan fingerprint density at radius 1 is 1.29 bits per heavy atom. The molecule has 0 radical (unpaired) electrons. The van der Waals surface area contributed by atoms with Gasteiger partial charge in [-0.3, -0.25) is 5.10 Å². The highest BCUT2D eigenvalue weighted by atomic mass is 16.5. The lowest BCUT2D eigenvalue weighted by molar-refractivity contribution is 0.416. The Hall–Kier alpha value is -1.84. The van der Waals surface area contributed by atoms with Crippen molar-refractivity contribution < 1.29 is 4.74 Å². The molecule has 0 saturated heterocycles. The van der Waals surface area contributed by atoms with Crippen LogP contribution in [0.15, 0.2) is 24.3 Å². The van der Waals surface area contributed by atoms with Gasteiger partial charge in [0.05, 0.1) is 12.7 Å². The average Bonchev–Trinajstić information content (AvgIpc) is 2.85. The number of benzene rings is 1. The van der Waals surface area contributed by atoms with E-state index >= 15 is 0 Å². The molecule has 0 fully saturated rings. The van der Waals surface area contributed by atoms with Crippen molar-refractivity contribution in [1.82, 2.24) is 15.2 Å². The highest BCUT2D eigenvalue weighted by Crippen LogP contribution is 2.26. The van der Waals surface area contributed by atoms with Crippen LogP contribution in [-0.4, -0.2) is 22.3 Å². The molecule has 0 aliphatic carbocycles. The van der Waals surface area contributed by atoms with E-state index in [0.29, 0.717) is 5.82 Å². The number of rotatable bonds is 5. The van der Waals surface area contributed by atoms with Gasteiger partial charge < -0.3 is 4.74 Å². The molecule has 0 aliphatic heterocycles. The second-order valence-corrected chi connectivity index (χ2v) is 3.91. The van der Waals surface area contributed by atoms with Gasteiger partial charge in [-0.05, 0) is 18.6 Å². The molecule has 1 heterocycles. The van der Waals surface area contributed by atoms with Crippen LogP contribution in [0.25, 0.3) is 11.4 Å². The van der Waals surface area contributed by atoms with Gasteiger partial charge in [0.25, 0.3) is 0 Å². The zero-order chi connectivity index (χ0) is 12.1. The SMILES string of the molecule is CCCCc1nc(-c2ccccc2OC)n[nH]1. The van der Waals surface area contributed by atoms with E-state index in [4.69, 9.17) is 4.74 Å². The molecule has 2 aromatic rings. The van der Waals surface area contributed by atoms with Gasteiger partial charge in [-0.1, -0.05) is 25.5 Å². The molecule has 1 N–H and O–H groups in total. The summed E-state index contributed by atoms with van der Waals surface area (Å²) in [4.78, 5) is 4.48. The molecule has 0 bridgehead atoms. The monoisotopic (exact) mass is 231 g/mol. The molecule has 0 unspecified atom stereocenters. The maximum Gasteiger partial charge on any atom is 0.184 e. The minimum atomic E-state index is 0.702. The van der Waals surface area contributed by atoms with E-state index in [1.165, 1.54) is 0 Å². The molecule has 0 spiro atoms. The predicted octanol–water partition coefficient (Wildman–Crippen LogP) is 2.82. The second kappa shape index (κ2) is 5.48. The smallest absolute Gasteiger partial charge is 0.184 e. The number of para-hydroxylation sites is 1. The van der Waals surface area contributed by atoms with E-state index in [0.717, 1.165) is 36.4 Å². The Balaban J connectivity index is 2.24. The third kappa shape index (κ3) is 2.64. The summed E-state index contributed by atoms with van der Waals surface area (Å²) in [5, 5.41) is 7.21. The summed E-state index contributed by atoms with van der Waals surface area (Å²) < 4.78 is 5.30. The summed E-state index contributed by atoms with van der Waals surface area (Å²) >= 11 is 0. The van der Waals surface area contributed by atoms with Crippen LogP contribution < -0.4 is 4.74 Å². The fraction of sp³-hybridized carbons (Fsp3) is 0.385. The van der Waals surface area contributed by atoms with Gasteiger partial charge in [-0.2, -0.15) is 5.10 Å².